The molecule has 0 spiro atoms. The molecule has 1 fully saturated rings. The molecule has 24 heavy (non-hydrogen) atoms. The quantitative estimate of drug-likeness (QED) is 0.795. The number of hydrogen-bond acceptors (Lipinski definition) is 4. The second-order valence-corrected chi connectivity index (χ2v) is 6.04. The Morgan fingerprint density at radius 2 is 2.17 bits per heavy atom. The van der Waals surface area contributed by atoms with E-state index in [0.717, 1.165) is 31.5 Å². The van der Waals surface area contributed by atoms with Crippen molar-refractivity contribution in [3.8, 4) is 0 Å². The fourth-order valence-electron chi connectivity index (χ4n) is 2.75. The van der Waals surface area contributed by atoms with E-state index in [0.29, 0.717) is 13.2 Å². The molecular formula is C17H24FN3O3. The molecule has 1 aliphatic heterocycles. The van der Waals surface area contributed by atoms with Crippen molar-refractivity contribution in [2.45, 2.75) is 25.8 Å². The highest BCUT2D eigenvalue weighted by Crippen LogP contribution is 2.15. The van der Waals surface area contributed by atoms with Gasteiger partial charge in [-0.2, -0.15) is 0 Å². The van der Waals surface area contributed by atoms with E-state index in [4.69, 9.17) is 4.74 Å². The van der Waals surface area contributed by atoms with E-state index in [9.17, 15) is 14.0 Å². The zero-order chi connectivity index (χ0) is 17.5. The normalized spacial score (nSPS) is 18.2. The maximum atomic E-state index is 13.7. The van der Waals surface area contributed by atoms with E-state index in [1.54, 1.807) is 20.1 Å². The number of amides is 2. The molecule has 0 radical (unpaired) electrons. The van der Waals surface area contributed by atoms with Crippen molar-refractivity contribution in [3.63, 3.8) is 0 Å². The van der Waals surface area contributed by atoms with Gasteiger partial charge in [0, 0.05) is 26.2 Å². The Balaban J connectivity index is 1.85. The molecule has 2 amide bonds. The first-order valence-corrected chi connectivity index (χ1v) is 8.09. The summed E-state index contributed by atoms with van der Waals surface area (Å²) >= 11 is 0. The van der Waals surface area contributed by atoms with Crippen LogP contribution in [0.4, 0.5) is 10.1 Å². The predicted octanol–water partition coefficient (Wildman–Crippen LogP) is 1.30. The van der Waals surface area contributed by atoms with Crippen molar-refractivity contribution in [3.05, 3.63) is 29.6 Å². The van der Waals surface area contributed by atoms with Crippen LogP contribution in [0.3, 0.4) is 0 Å². The summed E-state index contributed by atoms with van der Waals surface area (Å²) in [5.74, 6) is -2.15. The van der Waals surface area contributed by atoms with Crippen LogP contribution in [-0.2, 0) is 14.3 Å². The van der Waals surface area contributed by atoms with Crippen LogP contribution in [0.25, 0.3) is 0 Å². The van der Waals surface area contributed by atoms with Crippen molar-refractivity contribution >= 4 is 17.5 Å². The number of anilines is 1. The molecule has 1 unspecified atom stereocenters. The number of aryl methyl sites for hydroxylation is 1. The summed E-state index contributed by atoms with van der Waals surface area (Å²) in [6, 6.07) is 4.34. The summed E-state index contributed by atoms with van der Waals surface area (Å²) in [6.07, 6.45) is 1.77. The molecule has 0 bridgehead atoms. The molecule has 1 aromatic carbocycles. The van der Waals surface area contributed by atoms with Gasteiger partial charge in [0.1, 0.15) is 5.82 Å². The van der Waals surface area contributed by atoms with Crippen molar-refractivity contribution in [2.24, 2.45) is 0 Å². The molecule has 7 heteroatoms. The summed E-state index contributed by atoms with van der Waals surface area (Å²) in [4.78, 5) is 26.2. The van der Waals surface area contributed by atoms with Crippen LogP contribution < -0.4 is 10.6 Å². The molecule has 1 saturated heterocycles. The van der Waals surface area contributed by atoms with Crippen molar-refractivity contribution in [2.75, 3.05) is 38.7 Å². The van der Waals surface area contributed by atoms with E-state index < -0.39 is 17.6 Å². The summed E-state index contributed by atoms with van der Waals surface area (Å²) in [5, 5.41) is 5.03. The lowest BCUT2D eigenvalue weighted by Gasteiger charge is -2.32. The number of carbonyl (C=O) groups is 2. The van der Waals surface area contributed by atoms with Gasteiger partial charge in [-0.05, 0) is 44.0 Å². The molecular weight excluding hydrogens is 313 g/mol. The number of nitrogens with one attached hydrogen (secondary N) is 2. The molecule has 132 valence electrons. The van der Waals surface area contributed by atoms with Gasteiger partial charge >= 0.3 is 11.8 Å². The molecule has 1 atom stereocenters. The summed E-state index contributed by atoms with van der Waals surface area (Å²) < 4.78 is 18.8. The van der Waals surface area contributed by atoms with Crippen LogP contribution in [0.1, 0.15) is 18.4 Å². The Labute approximate surface area is 141 Å². The van der Waals surface area contributed by atoms with Gasteiger partial charge in [0.15, 0.2) is 0 Å². The Morgan fingerprint density at radius 1 is 1.38 bits per heavy atom. The maximum Gasteiger partial charge on any atom is 0.313 e. The van der Waals surface area contributed by atoms with E-state index in [2.05, 4.69) is 15.5 Å². The molecule has 1 aromatic rings. The van der Waals surface area contributed by atoms with Crippen molar-refractivity contribution < 1.29 is 18.7 Å². The molecule has 2 N–H and O–H groups in total. The van der Waals surface area contributed by atoms with Crippen LogP contribution in [0, 0.1) is 12.7 Å². The monoisotopic (exact) mass is 337 g/mol. The van der Waals surface area contributed by atoms with Gasteiger partial charge in [0.25, 0.3) is 0 Å². The van der Waals surface area contributed by atoms with Gasteiger partial charge in [-0.25, -0.2) is 4.39 Å². The Kier molecular flexibility index (Phi) is 6.69. The second kappa shape index (κ2) is 8.75. The third-order valence-electron chi connectivity index (χ3n) is 4.03. The van der Waals surface area contributed by atoms with Crippen LogP contribution in [0.5, 0.6) is 0 Å². The average Bonchev–Trinajstić information content (AvgIpc) is 2.55. The van der Waals surface area contributed by atoms with E-state index in [1.807, 2.05) is 0 Å². The number of nitrogens with zero attached hydrogens (tertiary/aromatic N) is 1. The molecule has 1 heterocycles. The molecule has 6 nitrogen and oxygen atoms in total. The van der Waals surface area contributed by atoms with Crippen LogP contribution >= 0.6 is 0 Å². The highest BCUT2D eigenvalue weighted by molar-refractivity contribution is 6.39. The van der Waals surface area contributed by atoms with Crippen molar-refractivity contribution in [1.29, 1.82) is 0 Å². The highest BCUT2D eigenvalue weighted by atomic mass is 19.1. The van der Waals surface area contributed by atoms with E-state index >= 15 is 0 Å². The van der Waals surface area contributed by atoms with Crippen LogP contribution in [0.15, 0.2) is 18.2 Å². The van der Waals surface area contributed by atoms with Gasteiger partial charge < -0.3 is 15.4 Å². The number of rotatable bonds is 5. The number of hydrogen-bond donors (Lipinski definition) is 2. The van der Waals surface area contributed by atoms with Gasteiger partial charge in [-0.15, -0.1) is 0 Å². The topological polar surface area (TPSA) is 70.7 Å². The summed E-state index contributed by atoms with van der Waals surface area (Å²) in [6.45, 7) is 4.81. The Morgan fingerprint density at radius 3 is 2.88 bits per heavy atom. The molecule has 2 rings (SSSR count). The largest absolute Gasteiger partial charge is 0.383 e. The minimum atomic E-state index is -0.855. The fourth-order valence-corrected chi connectivity index (χ4v) is 2.75. The maximum absolute atomic E-state index is 13.7. The molecule has 0 aromatic heterocycles. The molecule has 0 aliphatic carbocycles. The number of ether oxygens (including phenoxy) is 1. The first kappa shape index (κ1) is 18.4. The van der Waals surface area contributed by atoms with Crippen molar-refractivity contribution in [1.82, 2.24) is 10.2 Å². The minimum absolute atomic E-state index is 0.00566. The van der Waals surface area contributed by atoms with E-state index in [-0.39, 0.29) is 11.7 Å². The predicted molar refractivity (Wildman–Crippen MR) is 89.2 cm³/mol. The zero-order valence-electron chi connectivity index (χ0n) is 14.1. The lowest BCUT2D eigenvalue weighted by atomic mass is 10.1. The smallest absolute Gasteiger partial charge is 0.313 e. The Bertz CT molecular complexity index is 594. The lowest BCUT2D eigenvalue weighted by molar-refractivity contribution is -0.136. The molecule has 1 aliphatic rings. The number of likely N-dealkylation sites (tertiary alicyclic amines) is 1. The zero-order valence-corrected chi connectivity index (χ0v) is 14.1. The van der Waals surface area contributed by atoms with Gasteiger partial charge in [0.2, 0.25) is 0 Å². The van der Waals surface area contributed by atoms with Gasteiger partial charge in [0.05, 0.1) is 12.3 Å². The second-order valence-electron chi connectivity index (χ2n) is 6.04. The number of carbonyl (C=O) groups excluding carboxylic acids is 2. The Hall–Kier alpha value is -1.99. The van der Waals surface area contributed by atoms with E-state index in [1.165, 1.54) is 12.1 Å². The summed E-state index contributed by atoms with van der Waals surface area (Å²) in [7, 11) is 1.65. The minimum Gasteiger partial charge on any atom is -0.383 e. The van der Waals surface area contributed by atoms with Crippen LogP contribution in [0.2, 0.25) is 0 Å². The van der Waals surface area contributed by atoms with Crippen LogP contribution in [-0.4, -0.2) is 56.1 Å². The number of benzene rings is 1. The van der Waals surface area contributed by atoms with Gasteiger partial charge in [-0.3, -0.25) is 14.5 Å². The number of methoxy groups -OCH3 is 1. The first-order valence-electron chi connectivity index (χ1n) is 8.09. The molecule has 0 saturated carbocycles. The third kappa shape index (κ3) is 5.28. The number of halogens is 1. The highest BCUT2D eigenvalue weighted by Gasteiger charge is 2.24. The van der Waals surface area contributed by atoms with Gasteiger partial charge in [-0.1, -0.05) is 6.07 Å². The SMILES string of the molecule is COCCN1CCCC(NC(=O)C(=O)Nc2ccc(C)cc2F)C1. The average molecular weight is 337 g/mol. The lowest BCUT2D eigenvalue weighted by Crippen LogP contribution is -2.50. The number of piperidine rings is 1. The summed E-state index contributed by atoms with van der Waals surface area (Å²) in [5.41, 5.74) is 0.749. The standard InChI is InChI=1S/C17H24FN3O3/c1-12-5-6-15(14(18)10-12)20-17(23)16(22)19-13-4-3-7-21(11-13)8-9-24-2/h5-6,10,13H,3-4,7-9,11H2,1-2H3,(H,19,22)(H,20,23). The third-order valence-corrected chi connectivity index (χ3v) is 4.03. The first-order chi connectivity index (χ1) is 11.5. The fraction of sp³-hybridized carbons (Fsp3) is 0.529.